The monoisotopic (exact) mass is 305 g/mol. The quantitative estimate of drug-likeness (QED) is 0.825. The molecule has 0 radical (unpaired) electrons. The molecule has 2 aromatic rings. The summed E-state index contributed by atoms with van der Waals surface area (Å²) in [6.45, 7) is 4.67. The Hall–Kier alpha value is -1.89. The molecule has 0 aromatic carbocycles. The molecular weight excluding hydrogens is 286 g/mol. The van der Waals surface area contributed by atoms with Crippen molar-refractivity contribution >= 4 is 17.7 Å². The number of carbonyl (C=O) groups excluding carboxylic acids is 1. The van der Waals surface area contributed by atoms with Crippen molar-refractivity contribution in [3.05, 3.63) is 36.3 Å². The molecule has 0 saturated heterocycles. The van der Waals surface area contributed by atoms with Gasteiger partial charge in [-0.25, -0.2) is 4.98 Å². The molecule has 2 aromatic heterocycles. The average Bonchev–Trinajstić information content (AvgIpc) is 2.99. The Morgan fingerprint density at radius 3 is 2.67 bits per heavy atom. The Labute approximate surface area is 128 Å². The lowest BCUT2D eigenvalue weighted by Crippen LogP contribution is -2.42. The number of hydrogen-bond acceptors (Lipinski definition) is 5. The molecule has 1 N–H and O–H groups in total. The number of thioether (sulfide) groups is 1. The van der Waals surface area contributed by atoms with Gasteiger partial charge in [-0.1, -0.05) is 13.8 Å². The Bertz CT molecular complexity index is 585. The molecule has 2 heterocycles. The van der Waals surface area contributed by atoms with E-state index in [0.717, 1.165) is 5.03 Å². The molecule has 1 amide bonds. The van der Waals surface area contributed by atoms with E-state index in [1.54, 1.807) is 35.5 Å². The third-order valence-electron chi connectivity index (χ3n) is 3.16. The lowest BCUT2D eigenvalue weighted by Gasteiger charge is -2.22. The van der Waals surface area contributed by atoms with Gasteiger partial charge < -0.3 is 5.32 Å². The topological polar surface area (TPSA) is 72.7 Å². The van der Waals surface area contributed by atoms with Crippen LogP contribution in [0.5, 0.6) is 0 Å². The van der Waals surface area contributed by atoms with E-state index in [2.05, 4.69) is 34.3 Å². The van der Waals surface area contributed by atoms with Gasteiger partial charge >= 0.3 is 0 Å². The van der Waals surface area contributed by atoms with Gasteiger partial charge in [0, 0.05) is 6.20 Å². The molecule has 112 valence electrons. The summed E-state index contributed by atoms with van der Waals surface area (Å²) in [4.78, 5) is 18.3. The van der Waals surface area contributed by atoms with Crippen LogP contribution in [0.25, 0.3) is 0 Å². The minimum Gasteiger partial charge on any atom is -0.347 e. The summed E-state index contributed by atoms with van der Waals surface area (Å²) in [5.41, 5.74) is 0.601. The molecule has 1 atom stereocenters. The fraction of sp³-hybridized carbons (Fsp3) is 0.429. The highest BCUT2D eigenvalue weighted by atomic mass is 32.2. The molecule has 0 saturated carbocycles. The SMILES string of the molecule is CSc1ncccc1C(=O)NC(Cn1nccn1)C(C)C. The normalized spacial score (nSPS) is 12.4. The molecule has 0 bridgehead atoms. The van der Waals surface area contributed by atoms with Crippen LogP contribution >= 0.6 is 11.8 Å². The molecule has 0 fully saturated rings. The number of pyridine rings is 1. The van der Waals surface area contributed by atoms with E-state index < -0.39 is 0 Å². The molecule has 0 aliphatic rings. The molecule has 0 spiro atoms. The summed E-state index contributed by atoms with van der Waals surface area (Å²) in [6, 6.07) is 3.52. The fourth-order valence-electron chi connectivity index (χ4n) is 1.91. The maximum Gasteiger partial charge on any atom is 0.254 e. The predicted molar refractivity (Wildman–Crippen MR) is 82.1 cm³/mol. The number of hydrogen-bond donors (Lipinski definition) is 1. The molecule has 0 aliphatic heterocycles. The van der Waals surface area contributed by atoms with Crippen LogP contribution < -0.4 is 5.32 Å². The third kappa shape index (κ3) is 4.04. The molecular formula is C14H19N5OS. The van der Waals surface area contributed by atoms with Crippen molar-refractivity contribution in [1.82, 2.24) is 25.3 Å². The van der Waals surface area contributed by atoms with E-state index >= 15 is 0 Å². The van der Waals surface area contributed by atoms with Crippen LogP contribution in [0, 0.1) is 5.92 Å². The lowest BCUT2D eigenvalue weighted by atomic mass is 10.0. The number of carbonyl (C=O) groups is 1. The summed E-state index contributed by atoms with van der Waals surface area (Å²) in [6.07, 6.45) is 6.86. The van der Waals surface area contributed by atoms with E-state index in [9.17, 15) is 4.79 Å². The van der Waals surface area contributed by atoms with Crippen LogP contribution in [-0.2, 0) is 6.54 Å². The number of nitrogens with one attached hydrogen (secondary N) is 1. The first-order valence-electron chi connectivity index (χ1n) is 6.75. The van der Waals surface area contributed by atoms with Crippen molar-refractivity contribution in [2.75, 3.05) is 6.26 Å². The van der Waals surface area contributed by atoms with E-state index in [-0.39, 0.29) is 17.9 Å². The third-order valence-corrected chi connectivity index (χ3v) is 3.87. The summed E-state index contributed by atoms with van der Waals surface area (Å²) in [5, 5.41) is 12.0. The van der Waals surface area contributed by atoms with Crippen molar-refractivity contribution in [1.29, 1.82) is 0 Å². The maximum atomic E-state index is 12.5. The Balaban J connectivity index is 2.11. The first-order valence-corrected chi connectivity index (χ1v) is 7.98. The highest BCUT2D eigenvalue weighted by Crippen LogP contribution is 2.17. The highest BCUT2D eigenvalue weighted by Gasteiger charge is 2.20. The molecule has 0 aliphatic carbocycles. The van der Waals surface area contributed by atoms with E-state index in [4.69, 9.17) is 0 Å². The molecule has 1 unspecified atom stereocenters. The number of nitrogens with zero attached hydrogens (tertiary/aromatic N) is 4. The first kappa shape index (κ1) is 15.5. The summed E-state index contributed by atoms with van der Waals surface area (Å²) < 4.78 is 0. The van der Waals surface area contributed by atoms with E-state index in [1.807, 2.05) is 6.26 Å². The van der Waals surface area contributed by atoms with E-state index in [1.165, 1.54) is 11.8 Å². The van der Waals surface area contributed by atoms with Crippen molar-refractivity contribution in [2.24, 2.45) is 5.92 Å². The van der Waals surface area contributed by atoms with Crippen molar-refractivity contribution < 1.29 is 4.79 Å². The summed E-state index contributed by atoms with van der Waals surface area (Å²) >= 11 is 1.46. The van der Waals surface area contributed by atoms with Crippen LogP contribution in [0.15, 0.2) is 35.7 Å². The van der Waals surface area contributed by atoms with Crippen molar-refractivity contribution in [2.45, 2.75) is 31.5 Å². The second kappa shape index (κ2) is 7.21. The van der Waals surface area contributed by atoms with Gasteiger partial charge in [0.15, 0.2) is 0 Å². The van der Waals surface area contributed by atoms with Gasteiger partial charge in [0.25, 0.3) is 5.91 Å². The standard InChI is InChI=1S/C14H19N5OS/c1-10(2)12(9-19-16-7-8-17-19)18-13(20)11-5-4-6-15-14(11)21-3/h4-8,10,12H,9H2,1-3H3,(H,18,20). The largest absolute Gasteiger partial charge is 0.347 e. The highest BCUT2D eigenvalue weighted by molar-refractivity contribution is 7.98. The zero-order valence-corrected chi connectivity index (χ0v) is 13.2. The Morgan fingerprint density at radius 2 is 2.05 bits per heavy atom. The van der Waals surface area contributed by atoms with Gasteiger partial charge in [0.1, 0.15) is 5.03 Å². The van der Waals surface area contributed by atoms with Gasteiger partial charge in [-0.15, -0.1) is 11.8 Å². The van der Waals surface area contributed by atoms with Crippen LogP contribution in [-0.4, -0.2) is 38.2 Å². The first-order chi connectivity index (χ1) is 10.1. The van der Waals surface area contributed by atoms with Crippen molar-refractivity contribution in [3.8, 4) is 0 Å². The van der Waals surface area contributed by atoms with Gasteiger partial charge in [-0.2, -0.15) is 15.0 Å². The zero-order chi connectivity index (χ0) is 15.2. The van der Waals surface area contributed by atoms with Crippen molar-refractivity contribution in [3.63, 3.8) is 0 Å². The zero-order valence-electron chi connectivity index (χ0n) is 12.4. The number of rotatable bonds is 6. The second-order valence-corrected chi connectivity index (χ2v) is 5.76. The maximum absolute atomic E-state index is 12.5. The summed E-state index contributed by atoms with van der Waals surface area (Å²) in [7, 11) is 0. The molecule has 6 nitrogen and oxygen atoms in total. The smallest absolute Gasteiger partial charge is 0.254 e. The number of aromatic nitrogens is 4. The van der Waals surface area contributed by atoms with Gasteiger partial charge in [0.05, 0.1) is 30.5 Å². The van der Waals surface area contributed by atoms with Crippen LogP contribution in [0.3, 0.4) is 0 Å². The Kier molecular flexibility index (Phi) is 5.32. The second-order valence-electron chi connectivity index (χ2n) is 4.97. The minimum absolute atomic E-state index is 0.0418. The lowest BCUT2D eigenvalue weighted by molar-refractivity contribution is 0.0914. The van der Waals surface area contributed by atoms with Gasteiger partial charge in [-0.3, -0.25) is 4.79 Å². The van der Waals surface area contributed by atoms with Crippen LogP contribution in [0.1, 0.15) is 24.2 Å². The minimum atomic E-state index is -0.113. The van der Waals surface area contributed by atoms with Gasteiger partial charge in [0.2, 0.25) is 0 Å². The van der Waals surface area contributed by atoms with Crippen LogP contribution in [0.2, 0.25) is 0 Å². The van der Waals surface area contributed by atoms with Crippen LogP contribution in [0.4, 0.5) is 0 Å². The Morgan fingerprint density at radius 1 is 1.33 bits per heavy atom. The van der Waals surface area contributed by atoms with E-state index in [0.29, 0.717) is 12.1 Å². The summed E-state index contributed by atoms with van der Waals surface area (Å²) in [5.74, 6) is 0.160. The molecule has 2 rings (SSSR count). The molecule has 7 heteroatoms. The molecule has 21 heavy (non-hydrogen) atoms. The number of amides is 1. The average molecular weight is 305 g/mol. The van der Waals surface area contributed by atoms with Gasteiger partial charge in [-0.05, 0) is 24.3 Å². The fourth-order valence-corrected chi connectivity index (χ4v) is 2.46. The predicted octanol–water partition coefficient (Wildman–Crippen LogP) is 1.85.